The Balaban J connectivity index is 1.47. The van der Waals surface area contributed by atoms with Gasteiger partial charge < -0.3 is 29.8 Å². The number of amides is 1. The van der Waals surface area contributed by atoms with Gasteiger partial charge in [-0.25, -0.2) is 0 Å². The summed E-state index contributed by atoms with van der Waals surface area (Å²) in [7, 11) is -0.918. The lowest BCUT2D eigenvalue weighted by molar-refractivity contribution is -0.134. The van der Waals surface area contributed by atoms with Crippen LogP contribution in [0.5, 0.6) is 17.2 Å². The molecule has 8 nitrogen and oxygen atoms in total. The molecule has 0 atom stereocenters. The number of likely N-dealkylation sites (tertiary alicyclic amines) is 1. The van der Waals surface area contributed by atoms with Gasteiger partial charge in [-0.2, -0.15) is 5.26 Å². The Kier molecular flexibility index (Phi) is 5.90. The average molecular weight is 407 g/mol. The molecule has 0 bridgehead atoms. The lowest BCUT2D eigenvalue weighted by atomic mass is 9.80. The van der Waals surface area contributed by atoms with Crippen LogP contribution in [0, 0.1) is 11.3 Å². The SMILES string of the molecule is N#Cc1ccc(Oc2ccc3c(c2)COB3O)c(OCC(=O)N2CCC(N)CC2)c1. The predicted octanol–water partition coefficient (Wildman–Crippen LogP) is 0.897. The Labute approximate surface area is 174 Å². The molecule has 2 aliphatic rings. The summed E-state index contributed by atoms with van der Waals surface area (Å²) in [4.78, 5) is 14.2. The van der Waals surface area contributed by atoms with Gasteiger partial charge in [0.25, 0.3) is 5.91 Å². The van der Waals surface area contributed by atoms with E-state index in [1.54, 1.807) is 41.3 Å². The van der Waals surface area contributed by atoms with Crippen molar-refractivity contribution in [3.05, 3.63) is 47.5 Å². The molecule has 2 heterocycles. The van der Waals surface area contributed by atoms with Gasteiger partial charge in [-0.1, -0.05) is 6.07 Å². The fourth-order valence-electron chi connectivity index (χ4n) is 3.55. The third-order valence-electron chi connectivity index (χ3n) is 5.32. The van der Waals surface area contributed by atoms with Crippen molar-refractivity contribution in [1.29, 1.82) is 5.26 Å². The third-order valence-corrected chi connectivity index (χ3v) is 5.32. The molecule has 0 aliphatic carbocycles. The van der Waals surface area contributed by atoms with Crippen LogP contribution >= 0.6 is 0 Å². The van der Waals surface area contributed by atoms with E-state index < -0.39 is 7.12 Å². The number of ether oxygens (including phenoxy) is 2. The first kappa shape index (κ1) is 20.2. The summed E-state index contributed by atoms with van der Waals surface area (Å²) in [6.07, 6.45) is 1.56. The van der Waals surface area contributed by atoms with Gasteiger partial charge in [0.15, 0.2) is 18.1 Å². The second-order valence-electron chi connectivity index (χ2n) is 7.41. The number of hydrogen-bond acceptors (Lipinski definition) is 7. The number of nitrogens with zero attached hydrogens (tertiary/aromatic N) is 2. The summed E-state index contributed by atoms with van der Waals surface area (Å²) in [5.74, 6) is 1.12. The quantitative estimate of drug-likeness (QED) is 0.707. The molecule has 30 heavy (non-hydrogen) atoms. The monoisotopic (exact) mass is 407 g/mol. The second kappa shape index (κ2) is 8.75. The summed E-state index contributed by atoms with van der Waals surface area (Å²) >= 11 is 0. The van der Waals surface area contributed by atoms with Crippen molar-refractivity contribution in [3.8, 4) is 23.3 Å². The molecule has 2 aromatic rings. The Hall–Kier alpha value is -3.06. The summed E-state index contributed by atoms with van der Waals surface area (Å²) in [5, 5.41) is 19.0. The summed E-state index contributed by atoms with van der Waals surface area (Å²) in [6, 6.07) is 12.3. The number of piperidine rings is 1. The number of fused-ring (bicyclic) bond motifs is 1. The smallest absolute Gasteiger partial charge is 0.480 e. The van der Waals surface area contributed by atoms with Gasteiger partial charge in [-0.05, 0) is 48.1 Å². The molecule has 2 aromatic carbocycles. The minimum absolute atomic E-state index is 0.126. The number of carbonyl (C=O) groups excluding carboxylic acids is 1. The Morgan fingerprint density at radius 3 is 2.83 bits per heavy atom. The Morgan fingerprint density at radius 2 is 2.07 bits per heavy atom. The molecular formula is C21H22BN3O5. The highest BCUT2D eigenvalue weighted by atomic mass is 16.5. The summed E-state index contributed by atoms with van der Waals surface area (Å²) in [6.45, 7) is 1.39. The van der Waals surface area contributed by atoms with Crippen LogP contribution in [-0.2, 0) is 16.1 Å². The van der Waals surface area contributed by atoms with Gasteiger partial charge in [-0.15, -0.1) is 0 Å². The van der Waals surface area contributed by atoms with Crippen LogP contribution in [0.1, 0.15) is 24.0 Å². The maximum atomic E-state index is 12.5. The van der Waals surface area contributed by atoms with E-state index in [1.165, 1.54) is 0 Å². The fourth-order valence-corrected chi connectivity index (χ4v) is 3.55. The number of hydrogen-bond donors (Lipinski definition) is 2. The van der Waals surface area contributed by atoms with Gasteiger partial charge >= 0.3 is 7.12 Å². The lowest BCUT2D eigenvalue weighted by Crippen LogP contribution is -2.44. The van der Waals surface area contributed by atoms with Crippen molar-refractivity contribution >= 4 is 18.5 Å². The maximum Gasteiger partial charge on any atom is 0.491 e. The number of rotatable bonds is 5. The minimum Gasteiger partial charge on any atom is -0.480 e. The van der Waals surface area contributed by atoms with Crippen molar-refractivity contribution in [2.24, 2.45) is 5.73 Å². The van der Waals surface area contributed by atoms with Crippen LogP contribution in [0.3, 0.4) is 0 Å². The molecule has 1 saturated heterocycles. The van der Waals surface area contributed by atoms with E-state index in [-0.39, 0.29) is 18.6 Å². The number of nitrogens with two attached hydrogens (primary N) is 1. The lowest BCUT2D eigenvalue weighted by Gasteiger charge is -2.30. The number of nitriles is 1. The van der Waals surface area contributed by atoms with E-state index in [0.717, 1.165) is 18.4 Å². The molecule has 9 heteroatoms. The molecule has 0 spiro atoms. The highest BCUT2D eigenvalue weighted by Crippen LogP contribution is 2.33. The van der Waals surface area contributed by atoms with Crippen molar-refractivity contribution in [2.75, 3.05) is 19.7 Å². The molecule has 0 aromatic heterocycles. The van der Waals surface area contributed by atoms with Crippen LogP contribution in [0.4, 0.5) is 0 Å². The number of carbonyl (C=O) groups is 1. The van der Waals surface area contributed by atoms with Gasteiger partial charge in [0.1, 0.15) is 5.75 Å². The van der Waals surface area contributed by atoms with Gasteiger partial charge in [-0.3, -0.25) is 4.79 Å². The van der Waals surface area contributed by atoms with E-state index in [9.17, 15) is 15.1 Å². The highest BCUT2D eigenvalue weighted by Gasteiger charge is 2.27. The minimum atomic E-state index is -0.918. The largest absolute Gasteiger partial charge is 0.491 e. The molecule has 1 amide bonds. The zero-order valence-corrected chi connectivity index (χ0v) is 16.4. The fraction of sp³-hybridized carbons (Fsp3) is 0.333. The normalized spacial score (nSPS) is 16.2. The van der Waals surface area contributed by atoms with Crippen LogP contribution < -0.4 is 20.7 Å². The molecule has 154 valence electrons. The number of benzene rings is 2. The molecule has 0 saturated carbocycles. The average Bonchev–Trinajstić information content (AvgIpc) is 3.13. The molecular weight excluding hydrogens is 385 g/mol. The van der Waals surface area contributed by atoms with Crippen molar-refractivity contribution in [1.82, 2.24) is 4.90 Å². The topological polar surface area (TPSA) is 118 Å². The van der Waals surface area contributed by atoms with E-state index >= 15 is 0 Å². The van der Waals surface area contributed by atoms with Crippen molar-refractivity contribution in [3.63, 3.8) is 0 Å². The molecule has 0 radical (unpaired) electrons. The van der Waals surface area contributed by atoms with Crippen molar-refractivity contribution < 1.29 is 23.9 Å². The van der Waals surface area contributed by atoms with Gasteiger partial charge in [0.05, 0.1) is 18.2 Å². The first-order chi connectivity index (χ1) is 14.5. The maximum absolute atomic E-state index is 12.5. The Bertz CT molecular complexity index is 985. The van der Waals surface area contributed by atoms with Crippen molar-refractivity contribution in [2.45, 2.75) is 25.5 Å². The van der Waals surface area contributed by atoms with Gasteiger partial charge in [0.2, 0.25) is 0 Å². The third kappa shape index (κ3) is 4.41. The van der Waals surface area contributed by atoms with Crippen LogP contribution in [-0.4, -0.2) is 48.7 Å². The molecule has 3 N–H and O–H groups in total. The molecule has 1 fully saturated rings. The van der Waals surface area contributed by atoms with Crippen LogP contribution in [0.15, 0.2) is 36.4 Å². The second-order valence-corrected chi connectivity index (χ2v) is 7.41. The first-order valence-electron chi connectivity index (χ1n) is 9.84. The zero-order valence-electron chi connectivity index (χ0n) is 16.4. The molecule has 0 unspecified atom stereocenters. The Morgan fingerprint density at radius 1 is 1.27 bits per heavy atom. The molecule has 4 rings (SSSR count). The van der Waals surface area contributed by atoms with E-state index in [4.69, 9.17) is 19.9 Å². The summed E-state index contributed by atoms with van der Waals surface area (Å²) < 4.78 is 16.9. The van der Waals surface area contributed by atoms with E-state index in [0.29, 0.717) is 48.0 Å². The summed E-state index contributed by atoms with van der Waals surface area (Å²) in [5.41, 5.74) is 7.85. The standard InChI is InChI=1S/C21H22BN3O5/c23-11-14-1-4-19(30-17-2-3-18-15(10-17)12-29-22(18)27)20(9-14)28-13-21(26)25-7-5-16(24)6-8-25/h1-4,9-10,16,27H,5-8,12-13,24H2. The zero-order chi connectivity index (χ0) is 21.1. The van der Waals surface area contributed by atoms with Crippen LogP contribution in [0.25, 0.3) is 0 Å². The molecule has 2 aliphatic heterocycles. The first-order valence-corrected chi connectivity index (χ1v) is 9.84. The van der Waals surface area contributed by atoms with Crippen LogP contribution in [0.2, 0.25) is 0 Å². The van der Waals surface area contributed by atoms with E-state index in [1.807, 2.05) is 0 Å². The van der Waals surface area contributed by atoms with Gasteiger partial charge in [0, 0.05) is 25.2 Å². The predicted molar refractivity (Wildman–Crippen MR) is 109 cm³/mol. The van der Waals surface area contributed by atoms with E-state index in [2.05, 4.69) is 6.07 Å². The highest BCUT2D eigenvalue weighted by molar-refractivity contribution is 6.61.